The summed E-state index contributed by atoms with van der Waals surface area (Å²) in [5.41, 5.74) is 3.65. The van der Waals surface area contributed by atoms with Crippen LogP contribution in [0.1, 0.15) is 18.5 Å². The van der Waals surface area contributed by atoms with E-state index in [4.69, 9.17) is 4.99 Å². The topological polar surface area (TPSA) is 66.6 Å². The number of para-hydroxylation sites is 1. The van der Waals surface area contributed by atoms with E-state index in [0.29, 0.717) is 26.2 Å². The molecule has 8 heteroatoms. The molecule has 1 saturated heterocycles. The summed E-state index contributed by atoms with van der Waals surface area (Å²) in [4.78, 5) is 27.4. The summed E-state index contributed by atoms with van der Waals surface area (Å²) in [6, 6.07) is 18.1. The molecule has 0 bridgehead atoms. The SMILES string of the molecule is CC1=Nc2ccnn2C(c2ccnc3ccccc23)C1C(=O)N1CCN(c2ccc(F)cc2)CC1. The number of halogens is 1. The van der Waals surface area contributed by atoms with E-state index < -0.39 is 5.92 Å². The molecule has 2 unspecified atom stereocenters. The first-order chi connectivity index (χ1) is 17.1. The number of aliphatic imine (C=N–C) groups is 1. The predicted octanol–water partition coefficient (Wildman–Crippen LogP) is 4.23. The van der Waals surface area contributed by atoms with Crippen LogP contribution < -0.4 is 4.90 Å². The van der Waals surface area contributed by atoms with E-state index >= 15 is 0 Å². The van der Waals surface area contributed by atoms with Crippen molar-refractivity contribution in [3.05, 3.63) is 84.4 Å². The van der Waals surface area contributed by atoms with Gasteiger partial charge in [-0.3, -0.25) is 9.78 Å². The second kappa shape index (κ2) is 8.61. The quantitative estimate of drug-likeness (QED) is 0.451. The number of aromatic nitrogens is 3. The molecular weight excluding hydrogens is 443 g/mol. The van der Waals surface area contributed by atoms with E-state index in [9.17, 15) is 9.18 Å². The van der Waals surface area contributed by atoms with Gasteiger partial charge in [0.2, 0.25) is 5.91 Å². The van der Waals surface area contributed by atoms with Crippen molar-refractivity contribution >= 4 is 34.0 Å². The van der Waals surface area contributed by atoms with Gasteiger partial charge in [0.1, 0.15) is 11.7 Å². The Hall–Kier alpha value is -4.07. The van der Waals surface area contributed by atoms with Crippen LogP contribution in [-0.4, -0.2) is 57.5 Å². The van der Waals surface area contributed by atoms with Crippen LogP contribution in [-0.2, 0) is 4.79 Å². The van der Waals surface area contributed by atoms with Crippen molar-refractivity contribution in [1.29, 1.82) is 0 Å². The normalized spacial score (nSPS) is 20.0. The summed E-state index contributed by atoms with van der Waals surface area (Å²) < 4.78 is 15.2. The summed E-state index contributed by atoms with van der Waals surface area (Å²) >= 11 is 0. The lowest BCUT2D eigenvalue weighted by atomic mass is 9.85. The fraction of sp³-hybridized carbons (Fsp3) is 0.259. The lowest BCUT2D eigenvalue weighted by Gasteiger charge is -2.40. The van der Waals surface area contributed by atoms with Gasteiger partial charge in [-0.25, -0.2) is 14.1 Å². The smallest absolute Gasteiger partial charge is 0.234 e. The molecule has 7 nitrogen and oxygen atoms in total. The Morgan fingerprint density at radius 2 is 1.71 bits per heavy atom. The van der Waals surface area contributed by atoms with E-state index in [-0.39, 0.29) is 17.8 Å². The molecule has 2 aromatic carbocycles. The van der Waals surface area contributed by atoms with Gasteiger partial charge in [-0.15, -0.1) is 0 Å². The van der Waals surface area contributed by atoms with Gasteiger partial charge >= 0.3 is 0 Å². The number of piperazine rings is 1. The van der Waals surface area contributed by atoms with Crippen LogP contribution in [0, 0.1) is 11.7 Å². The van der Waals surface area contributed by atoms with Crippen molar-refractivity contribution in [3.63, 3.8) is 0 Å². The highest BCUT2D eigenvalue weighted by molar-refractivity contribution is 6.06. The summed E-state index contributed by atoms with van der Waals surface area (Å²) in [6.45, 7) is 4.50. The minimum atomic E-state index is -0.467. The highest BCUT2D eigenvalue weighted by Gasteiger charge is 2.41. The van der Waals surface area contributed by atoms with Gasteiger partial charge in [0.05, 0.1) is 17.8 Å². The Bertz CT molecular complexity index is 1420. The van der Waals surface area contributed by atoms with Crippen molar-refractivity contribution < 1.29 is 9.18 Å². The minimum absolute atomic E-state index is 0.0528. The first kappa shape index (κ1) is 21.5. The summed E-state index contributed by atoms with van der Waals surface area (Å²) in [6.07, 6.45) is 3.53. The number of anilines is 1. The number of hydrogen-bond acceptors (Lipinski definition) is 5. The third-order valence-corrected chi connectivity index (χ3v) is 7.02. The fourth-order valence-electron chi connectivity index (χ4n) is 5.26. The molecule has 35 heavy (non-hydrogen) atoms. The van der Waals surface area contributed by atoms with Gasteiger partial charge in [0.15, 0.2) is 5.82 Å². The first-order valence-corrected chi connectivity index (χ1v) is 11.8. The van der Waals surface area contributed by atoms with Gasteiger partial charge in [-0.1, -0.05) is 18.2 Å². The Morgan fingerprint density at radius 1 is 0.943 bits per heavy atom. The number of amides is 1. The Morgan fingerprint density at radius 3 is 2.51 bits per heavy atom. The van der Waals surface area contributed by atoms with Crippen molar-refractivity contribution in [3.8, 4) is 0 Å². The maximum atomic E-state index is 14.0. The number of rotatable bonds is 3. The van der Waals surface area contributed by atoms with Crippen LogP contribution in [0.15, 0.2) is 78.0 Å². The van der Waals surface area contributed by atoms with Crippen LogP contribution in [0.5, 0.6) is 0 Å². The standard InChI is InChI=1S/C27H25FN6O/c1-18-25(27(35)33-16-14-32(15-17-33)20-8-6-19(28)7-9-20)26(34-24(31-18)11-13-30-34)22-10-12-29-23-5-3-2-4-21(22)23/h2-13,25-26H,14-17H2,1H3. The Balaban J connectivity index is 1.32. The molecule has 2 aliphatic heterocycles. The highest BCUT2D eigenvalue weighted by atomic mass is 19.1. The van der Waals surface area contributed by atoms with Gasteiger partial charge < -0.3 is 9.80 Å². The Labute approximate surface area is 202 Å². The largest absolute Gasteiger partial charge is 0.368 e. The minimum Gasteiger partial charge on any atom is -0.368 e. The van der Waals surface area contributed by atoms with E-state index in [1.54, 1.807) is 24.5 Å². The van der Waals surface area contributed by atoms with E-state index in [1.807, 2.05) is 52.9 Å². The second-order valence-electron chi connectivity index (χ2n) is 9.02. The Kier molecular flexibility index (Phi) is 5.28. The number of nitrogens with zero attached hydrogens (tertiary/aromatic N) is 6. The lowest BCUT2D eigenvalue weighted by Crippen LogP contribution is -2.53. The maximum Gasteiger partial charge on any atom is 0.234 e. The number of carbonyl (C=O) groups excluding carboxylic acids is 1. The third kappa shape index (κ3) is 3.75. The number of pyridine rings is 1. The van der Waals surface area contributed by atoms with Crippen molar-refractivity contribution in [2.24, 2.45) is 10.9 Å². The van der Waals surface area contributed by atoms with Crippen molar-refractivity contribution in [2.45, 2.75) is 13.0 Å². The molecule has 0 saturated carbocycles. The summed E-state index contributed by atoms with van der Waals surface area (Å²) in [5.74, 6) is 0.0866. The monoisotopic (exact) mass is 468 g/mol. The number of fused-ring (bicyclic) bond motifs is 2. The van der Waals surface area contributed by atoms with E-state index in [0.717, 1.165) is 33.7 Å². The van der Waals surface area contributed by atoms with Crippen LogP contribution >= 0.6 is 0 Å². The van der Waals surface area contributed by atoms with Crippen LogP contribution in [0.25, 0.3) is 10.9 Å². The van der Waals surface area contributed by atoms with Gasteiger partial charge in [0, 0.05) is 55.2 Å². The summed E-state index contributed by atoms with van der Waals surface area (Å²) in [7, 11) is 0. The number of carbonyl (C=O) groups is 1. The lowest BCUT2D eigenvalue weighted by molar-refractivity contribution is -0.134. The maximum absolute atomic E-state index is 14.0. The highest BCUT2D eigenvalue weighted by Crippen LogP contribution is 2.39. The van der Waals surface area contributed by atoms with Gasteiger partial charge in [0.25, 0.3) is 0 Å². The van der Waals surface area contributed by atoms with Crippen molar-refractivity contribution in [1.82, 2.24) is 19.7 Å². The van der Waals surface area contributed by atoms with Crippen LogP contribution in [0.3, 0.4) is 0 Å². The average Bonchev–Trinajstić information content (AvgIpc) is 3.36. The molecule has 0 aliphatic carbocycles. The zero-order valence-corrected chi connectivity index (χ0v) is 19.4. The van der Waals surface area contributed by atoms with Gasteiger partial charge in [-0.05, 0) is 48.9 Å². The first-order valence-electron chi connectivity index (χ1n) is 11.8. The molecule has 4 heterocycles. The molecule has 1 amide bonds. The summed E-state index contributed by atoms with van der Waals surface area (Å²) in [5, 5.41) is 5.58. The molecule has 0 radical (unpaired) electrons. The molecule has 2 aromatic heterocycles. The second-order valence-corrected chi connectivity index (χ2v) is 9.02. The zero-order valence-electron chi connectivity index (χ0n) is 19.4. The molecule has 6 rings (SSSR count). The van der Waals surface area contributed by atoms with Crippen molar-refractivity contribution in [2.75, 3.05) is 31.1 Å². The van der Waals surface area contributed by atoms with E-state index in [1.165, 1.54) is 12.1 Å². The van der Waals surface area contributed by atoms with Crippen LogP contribution in [0.2, 0.25) is 0 Å². The molecule has 176 valence electrons. The molecular formula is C27H25FN6O. The fourth-order valence-corrected chi connectivity index (χ4v) is 5.26. The van der Waals surface area contributed by atoms with E-state index in [2.05, 4.69) is 15.0 Å². The molecule has 0 spiro atoms. The molecule has 0 N–H and O–H groups in total. The molecule has 2 aliphatic rings. The molecule has 4 aromatic rings. The molecule has 2 atom stereocenters. The van der Waals surface area contributed by atoms with Gasteiger partial charge in [-0.2, -0.15) is 5.10 Å². The van der Waals surface area contributed by atoms with Crippen LogP contribution in [0.4, 0.5) is 15.9 Å². The number of hydrogen-bond donors (Lipinski definition) is 0. The number of benzene rings is 2. The third-order valence-electron chi connectivity index (χ3n) is 7.02. The predicted molar refractivity (Wildman–Crippen MR) is 134 cm³/mol. The zero-order chi connectivity index (χ0) is 23.9. The molecule has 1 fully saturated rings. The average molecular weight is 469 g/mol.